The van der Waals surface area contributed by atoms with Gasteiger partial charge in [-0.05, 0) is 36.4 Å². The number of nitrogens with one attached hydrogen (secondary N) is 1. The van der Waals surface area contributed by atoms with E-state index in [4.69, 9.17) is 5.73 Å². The molecule has 24 heavy (non-hydrogen) atoms. The second-order valence-electron chi connectivity index (χ2n) is 6.41. The Balaban J connectivity index is 0.00000264. The molecule has 0 aliphatic carbocycles. The minimum absolute atomic E-state index is 0. The van der Waals surface area contributed by atoms with Crippen LogP contribution in [0.4, 0.5) is 0 Å². The highest BCUT2D eigenvalue weighted by Gasteiger charge is 2.32. The van der Waals surface area contributed by atoms with Crippen molar-refractivity contribution in [3.05, 3.63) is 35.4 Å². The number of nitrogens with zero attached hydrogens (tertiary/aromatic N) is 1. The summed E-state index contributed by atoms with van der Waals surface area (Å²) < 4.78 is 0. The van der Waals surface area contributed by atoms with Crippen molar-refractivity contribution in [1.29, 1.82) is 0 Å². The van der Waals surface area contributed by atoms with E-state index in [-0.39, 0.29) is 30.7 Å². The van der Waals surface area contributed by atoms with Crippen LogP contribution in [0.3, 0.4) is 0 Å². The molecule has 1 saturated heterocycles. The van der Waals surface area contributed by atoms with E-state index in [1.807, 2.05) is 0 Å². The molecule has 4 nitrogen and oxygen atoms in total. The van der Waals surface area contributed by atoms with Crippen LogP contribution < -0.4 is 11.1 Å². The van der Waals surface area contributed by atoms with E-state index in [0.717, 1.165) is 26.1 Å². The molecule has 0 radical (unpaired) electrons. The SMILES string of the molecule is CCC[C@@H]1CN(Cc2ccc(CCN)cc2)C[C@H]1NC(C)=O.Cl.Cl. The van der Waals surface area contributed by atoms with Gasteiger partial charge in [0, 0.05) is 32.6 Å². The quantitative estimate of drug-likeness (QED) is 0.769. The van der Waals surface area contributed by atoms with Crippen molar-refractivity contribution in [2.24, 2.45) is 11.7 Å². The Morgan fingerprint density at radius 1 is 1.21 bits per heavy atom. The average molecular weight is 376 g/mol. The van der Waals surface area contributed by atoms with Crippen molar-refractivity contribution in [2.45, 2.75) is 45.7 Å². The number of carbonyl (C=O) groups is 1. The van der Waals surface area contributed by atoms with E-state index in [1.54, 1.807) is 6.92 Å². The number of halogens is 2. The Morgan fingerprint density at radius 3 is 2.38 bits per heavy atom. The third-order valence-corrected chi connectivity index (χ3v) is 4.43. The summed E-state index contributed by atoms with van der Waals surface area (Å²) >= 11 is 0. The molecular weight excluding hydrogens is 345 g/mol. The van der Waals surface area contributed by atoms with Crippen molar-refractivity contribution in [3.8, 4) is 0 Å². The van der Waals surface area contributed by atoms with E-state index in [2.05, 4.69) is 41.4 Å². The molecule has 0 bridgehead atoms. The molecule has 1 aromatic rings. The van der Waals surface area contributed by atoms with Gasteiger partial charge in [0.15, 0.2) is 0 Å². The minimum atomic E-state index is 0. The molecule has 1 fully saturated rings. The van der Waals surface area contributed by atoms with Crippen LogP contribution in [0.25, 0.3) is 0 Å². The minimum Gasteiger partial charge on any atom is -0.352 e. The van der Waals surface area contributed by atoms with Crippen LogP contribution in [0.15, 0.2) is 24.3 Å². The van der Waals surface area contributed by atoms with E-state index in [1.165, 1.54) is 24.0 Å². The molecule has 1 heterocycles. The fraction of sp³-hybridized carbons (Fsp3) is 0.611. The summed E-state index contributed by atoms with van der Waals surface area (Å²) in [4.78, 5) is 13.8. The lowest BCUT2D eigenvalue weighted by molar-refractivity contribution is -0.119. The Morgan fingerprint density at radius 2 is 1.83 bits per heavy atom. The van der Waals surface area contributed by atoms with Gasteiger partial charge in [0.2, 0.25) is 5.91 Å². The highest BCUT2D eigenvalue weighted by Crippen LogP contribution is 2.23. The number of benzene rings is 1. The van der Waals surface area contributed by atoms with Gasteiger partial charge in [-0.3, -0.25) is 9.69 Å². The van der Waals surface area contributed by atoms with Crippen LogP contribution in [0.1, 0.15) is 37.8 Å². The fourth-order valence-electron chi connectivity index (χ4n) is 3.41. The zero-order valence-corrected chi connectivity index (χ0v) is 16.3. The van der Waals surface area contributed by atoms with Crippen molar-refractivity contribution < 1.29 is 4.79 Å². The van der Waals surface area contributed by atoms with Crippen LogP contribution >= 0.6 is 24.8 Å². The van der Waals surface area contributed by atoms with Gasteiger partial charge in [0.05, 0.1) is 0 Å². The summed E-state index contributed by atoms with van der Waals surface area (Å²) in [6, 6.07) is 9.05. The molecule has 138 valence electrons. The predicted molar refractivity (Wildman–Crippen MR) is 105 cm³/mol. The zero-order valence-electron chi connectivity index (χ0n) is 14.7. The number of amides is 1. The summed E-state index contributed by atoms with van der Waals surface area (Å²) in [5.74, 6) is 0.657. The van der Waals surface area contributed by atoms with Crippen molar-refractivity contribution in [2.75, 3.05) is 19.6 Å². The molecule has 1 aliphatic rings. The van der Waals surface area contributed by atoms with Gasteiger partial charge in [0.25, 0.3) is 0 Å². The van der Waals surface area contributed by atoms with E-state index in [9.17, 15) is 4.79 Å². The van der Waals surface area contributed by atoms with E-state index >= 15 is 0 Å². The molecule has 0 unspecified atom stereocenters. The molecular formula is C18H31Cl2N3O. The van der Waals surface area contributed by atoms with E-state index < -0.39 is 0 Å². The first-order chi connectivity index (χ1) is 10.6. The smallest absolute Gasteiger partial charge is 0.217 e. The molecule has 1 aromatic carbocycles. The molecule has 2 rings (SSSR count). The highest BCUT2D eigenvalue weighted by atomic mass is 35.5. The van der Waals surface area contributed by atoms with Crippen molar-refractivity contribution >= 4 is 30.7 Å². The monoisotopic (exact) mass is 375 g/mol. The van der Waals surface area contributed by atoms with Gasteiger partial charge in [-0.25, -0.2) is 0 Å². The number of carbonyl (C=O) groups excluding carboxylic acids is 1. The molecule has 1 amide bonds. The fourth-order valence-corrected chi connectivity index (χ4v) is 3.41. The molecule has 2 atom stereocenters. The Kier molecular flexibility index (Phi) is 11.3. The lowest BCUT2D eigenvalue weighted by Crippen LogP contribution is -2.39. The third kappa shape index (κ3) is 6.98. The summed E-state index contributed by atoms with van der Waals surface area (Å²) in [7, 11) is 0. The number of hydrogen-bond acceptors (Lipinski definition) is 3. The summed E-state index contributed by atoms with van der Waals surface area (Å²) in [5.41, 5.74) is 8.22. The summed E-state index contributed by atoms with van der Waals surface area (Å²) in [6.07, 6.45) is 3.28. The number of nitrogens with two attached hydrogens (primary N) is 1. The molecule has 0 spiro atoms. The number of rotatable bonds is 7. The normalized spacial score (nSPS) is 20.1. The largest absolute Gasteiger partial charge is 0.352 e. The van der Waals surface area contributed by atoms with Crippen LogP contribution in [0.2, 0.25) is 0 Å². The van der Waals surface area contributed by atoms with Crippen molar-refractivity contribution in [3.63, 3.8) is 0 Å². The highest BCUT2D eigenvalue weighted by molar-refractivity contribution is 5.85. The Bertz CT molecular complexity index is 482. The lowest BCUT2D eigenvalue weighted by atomic mass is 9.98. The van der Waals surface area contributed by atoms with Crippen LogP contribution in [0, 0.1) is 5.92 Å². The maximum atomic E-state index is 11.4. The molecule has 6 heteroatoms. The van der Waals surface area contributed by atoms with Gasteiger partial charge in [0.1, 0.15) is 0 Å². The molecule has 0 aromatic heterocycles. The summed E-state index contributed by atoms with van der Waals surface area (Å²) in [5, 5.41) is 3.12. The molecule has 1 aliphatic heterocycles. The Labute approximate surface area is 158 Å². The summed E-state index contributed by atoms with van der Waals surface area (Å²) in [6.45, 7) is 7.51. The van der Waals surface area contributed by atoms with Gasteiger partial charge < -0.3 is 11.1 Å². The van der Waals surface area contributed by atoms with Crippen molar-refractivity contribution in [1.82, 2.24) is 10.2 Å². The van der Waals surface area contributed by atoms with Crippen LogP contribution in [-0.2, 0) is 17.8 Å². The number of hydrogen-bond donors (Lipinski definition) is 2. The van der Waals surface area contributed by atoms with Crippen LogP contribution in [0.5, 0.6) is 0 Å². The zero-order chi connectivity index (χ0) is 15.9. The first kappa shape index (κ1) is 23.2. The maximum absolute atomic E-state index is 11.4. The lowest BCUT2D eigenvalue weighted by Gasteiger charge is -2.18. The first-order valence-corrected chi connectivity index (χ1v) is 8.39. The van der Waals surface area contributed by atoms with Gasteiger partial charge >= 0.3 is 0 Å². The van der Waals surface area contributed by atoms with Gasteiger partial charge in [-0.1, -0.05) is 37.6 Å². The first-order valence-electron chi connectivity index (χ1n) is 8.39. The van der Waals surface area contributed by atoms with E-state index in [0.29, 0.717) is 18.5 Å². The van der Waals surface area contributed by atoms with Gasteiger partial charge in [-0.2, -0.15) is 0 Å². The topological polar surface area (TPSA) is 58.4 Å². The predicted octanol–water partition coefficient (Wildman–Crippen LogP) is 2.77. The second kappa shape index (κ2) is 11.7. The molecule has 0 saturated carbocycles. The second-order valence-corrected chi connectivity index (χ2v) is 6.41. The maximum Gasteiger partial charge on any atom is 0.217 e. The van der Waals surface area contributed by atoms with Gasteiger partial charge in [-0.15, -0.1) is 24.8 Å². The van der Waals surface area contributed by atoms with Crippen LogP contribution in [-0.4, -0.2) is 36.5 Å². The standard InChI is InChI=1S/C18H29N3O.2ClH/c1-3-4-17-12-21(13-18(17)20-14(2)22)11-16-7-5-15(6-8-16)9-10-19;;/h5-8,17-18H,3-4,9-13,19H2,1-2H3,(H,20,22);2*1H/t17-,18-;;/m1../s1. The number of likely N-dealkylation sites (tertiary alicyclic amines) is 1. The Hall–Kier alpha value is -0.810. The molecule has 3 N–H and O–H groups in total. The average Bonchev–Trinajstić information content (AvgIpc) is 2.83. The third-order valence-electron chi connectivity index (χ3n) is 4.43.